The fourth-order valence-corrected chi connectivity index (χ4v) is 1.64. The van der Waals surface area contributed by atoms with E-state index in [-0.39, 0.29) is 22.8 Å². The second kappa shape index (κ2) is 4.87. The number of nitrogens with zero attached hydrogens (tertiary/aromatic N) is 2. The van der Waals surface area contributed by atoms with Crippen LogP contribution in [-0.4, -0.2) is 21.4 Å². The Kier molecular flexibility index (Phi) is 3.39. The molecule has 2 rings (SSSR count). The van der Waals surface area contributed by atoms with Crippen LogP contribution < -0.4 is 10.5 Å². The van der Waals surface area contributed by atoms with E-state index < -0.39 is 12.1 Å². The first-order valence-electron chi connectivity index (χ1n) is 5.44. The van der Waals surface area contributed by atoms with Crippen molar-refractivity contribution in [1.82, 2.24) is 9.97 Å². The van der Waals surface area contributed by atoms with E-state index in [0.29, 0.717) is 5.56 Å². The lowest BCUT2D eigenvalue weighted by molar-refractivity contribution is -0.274. The summed E-state index contributed by atoms with van der Waals surface area (Å²) in [4.78, 5) is 7.67. The Labute approximate surface area is 111 Å². The van der Waals surface area contributed by atoms with E-state index >= 15 is 0 Å². The molecule has 0 fully saturated rings. The summed E-state index contributed by atoms with van der Waals surface area (Å²) in [6.45, 7) is 1.60. The Morgan fingerprint density at radius 3 is 2.60 bits per heavy atom. The number of ether oxygens (including phenoxy) is 1. The van der Waals surface area contributed by atoms with Crippen LogP contribution in [0.2, 0.25) is 0 Å². The average molecular weight is 285 g/mol. The molecular weight excluding hydrogens is 275 g/mol. The van der Waals surface area contributed by atoms with Gasteiger partial charge in [-0.15, -0.1) is 13.2 Å². The predicted molar refractivity (Wildman–Crippen MR) is 65.0 cm³/mol. The fourth-order valence-electron chi connectivity index (χ4n) is 1.64. The van der Waals surface area contributed by atoms with Crippen LogP contribution in [0, 0.1) is 6.92 Å². The molecule has 1 heterocycles. The zero-order valence-electron chi connectivity index (χ0n) is 10.3. The molecule has 0 amide bonds. The second-order valence-electron chi connectivity index (χ2n) is 3.96. The maximum atomic E-state index is 12.2. The lowest BCUT2D eigenvalue weighted by Gasteiger charge is -2.12. The van der Waals surface area contributed by atoms with Crippen LogP contribution in [0.4, 0.5) is 19.0 Å². The van der Waals surface area contributed by atoms with Gasteiger partial charge in [0.1, 0.15) is 23.6 Å². The van der Waals surface area contributed by atoms with Gasteiger partial charge in [0.25, 0.3) is 0 Å². The van der Waals surface area contributed by atoms with Crippen LogP contribution >= 0.6 is 0 Å². The zero-order chi connectivity index (χ0) is 14.9. The number of aromatic nitrogens is 2. The maximum Gasteiger partial charge on any atom is 0.573 e. The standard InChI is InChI=1S/C12H10F3N3O2/c1-6-10(17-5-18-11(6)16)8-4-7(2-3-9(8)19)20-12(13,14)15/h2-5,19H,1H3,(H2,16,17,18). The van der Waals surface area contributed by atoms with Gasteiger partial charge in [0.05, 0.1) is 5.69 Å². The summed E-state index contributed by atoms with van der Waals surface area (Å²) in [5.74, 6) is -0.515. The van der Waals surface area contributed by atoms with Gasteiger partial charge in [0.2, 0.25) is 0 Å². The molecule has 0 bridgehead atoms. The molecule has 1 aromatic heterocycles. The molecule has 0 aliphatic rings. The third-order valence-corrected chi connectivity index (χ3v) is 2.58. The number of aromatic hydroxyl groups is 1. The lowest BCUT2D eigenvalue weighted by atomic mass is 10.1. The first-order chi connectivity index (χ1) is 9.28. The molecule has 0 saturated heterocycles. The quantitative estimate of drug-likeness (QED) is 0.886. The van der Waals surface area contributed by atoms with Crippen LogP contribution in [0.15, 0.2) is 24.5 Å². The number of nitrogen functional groups attached to an aromatic ring is 1. The van der Waals surface area contributed by atoms with Gasteiger partial charge in [0.15, 0.2) is 0 Å². The van der Waals surface area contributed by atoms with Gasteiger partial charge < -0.3 is 15.6 Å². The molecular formula is C12H10F3N3O2. The monoisotopic (exact) mass is 285 g/mol. The van der Waals surface area contributed by atoms with Crippen molar-refractivity contribution >= 4 is 5.82 Å². The first kappa shape index (κ1) is 13.9. The molecule has 0 aliphatic heterocycles. The minimum Gasteiger partial charge on any atom is -0.507 e. The Morgan fingerprint density at radius 2 is 1.95 bits per heavy atom. The highest BCUT2D eigenvalue weighted by Gasteiger charge is 2.31. The van der Waals surface area contributed by atoms with Crippen LogP contribution in [0.25, 0.3) is 11.3 Å². The molecule has 0 spiro atoms. The van der Waals surface area contributed by atoms with Crippen molar-refractivity contribution in [1.29, 1.82) is 0 Å². The molecule has 8 heteroatoms. The van der Waals surface area contributed by atoms with Crippen molar-refractivity contribution < 1.29 is 23.0 Å². The number of nitrogens with two attached hydrogens (primary N) is 1. The largest absolute Gasteiger partial charge is 0.573 e. The van der Waals surface area contributed by atoms with Crippen LogP contribution in [-0.2, 0) is 0 Å². The van der Waals surface area contributed by atoms with Crippen molar-refractivity contribution in [3.63, 3.8) is 0 Å². The lowest BCUT2D eigenvalue weighted by Crippen LogP contribution is -2.17. The van der Waals surface area contributed by atoms with E-state index in [1.807, 2.05) is 0 Å². The minimum atomic E-state index is -4.81. The molecule has 3 N–H and O–H groups in total. The summed E-state index contributed by atoms with van der Waals surface area (Å²) in [7, 11) is 0. The molecule has 20 heavy (non-hydrogen) atoms. The molecule has 5 nitrogen and oxygen atoms in total. The fraction of sp³-hybridized carbons (Fsp3) is 0.167. The topological polar surface area (TPSA) is 81.3 Å². The summed E-state index contributed by atoms with van der Waals surface area (Å²) in [5, 5.41) is 9.76. The molecule has 1 aromatic carbocycles. The highest BCUT2D eigenvalue weighted by molar-refractivity contribution is 5.73. The van der Waals surface area contributed by atoms with Crippen molar-refractivity contribution in [2.45, 2.75) is 13.3 Å². The highest BCUT2D eigenvalue weighted by atomic mass is 19.4. The maximum absolute atomic E-state index is 12.2. The van der Waals surface area contributed by atoms with E-state index in [9.17, 15) is 18.3 Å². The third kappa shape index (κ3) is 2.90. The van der Waals surface area contributed by atoms with Gasteiger partial charge in [0, 0.05) is 11.1 Å². The van der Waals surface area contributed by atoms with Crippen LogP contribution in [0.1, 0.15) is 5.56 Å². The van der Waals surface area contributed by atoms with Gasteiger partial charge in [-0.1, -0.05) is 0 Å². The van der Waals surface area contributed by atoms with Gasteiger partial charge in [-0.2, -0.15) is 0 Å². The number of hydrogen-bond donors (Lipinski definition) is 2. The number of halogens is 3. The number of hydrogen-bond acceptors (Lipinski definition) is 5. The van der Waals surface area contributed by atoms with E-state index in [1.54, 1.807) is 6.92 Å². The molecule has 0 atom stereocenters. The third-order valence-electron chi connectivity index (χ3n) is 2.58. The van der Waals surface area contributed by atoms with Crippen LogP contribution in [0.3, 0.4) is 0 Å². The number of anilines is 1. The van der Waals surface area contributed by atoms with Gasteiger partial charge in [-0.3, -0.25) is 0 Å². The molecule has 2 aromatic rings. The smallest absolute Gasteiger partial charge is 0.507 e. The summed E-state index contributed by atoms with van der Waals surface area (Å²) in [6, 6.07) is 3.14. The molecule has 0 radical (unpaired) electrons. The Hall–Kier alpha value is -2.51. The Balaban J connectivity index is 2.51. The van der Waals surface area contributed by atoms with E-state index in [0.717, 1.165) is 24.5 Å². The van der Waals surface area contributed by atoms with Gasteiger partial charge in [-0.05, 0) is 25.1 Å². The number of phenols is 1. The van der Waals surface area contributed by atoms with Crippen molar-refractivity contribution in [2.24, 2.45) is 0 Å². The van der Waals surface area contributed by atoms with Crippen molar-refractivity contribution in [3.8, 4) is 22.8 Å². The Morgan fingerprint density at radius 1 is 1.25 bits per heavy atom. The first-order valence-corrected chi connectivity index (χ1v) is 5.44. The normalized spacial score (nSPS) is 11.4. The summed E-state index contributed by atoms with van der Waals surface area (Å²) < 4.78 is 40.4. The van der Waals surface area contributed by atoms with Crippen molar-refractivity contribution in [2.75, 3.05) is 5.73 Å². The number of rotatable bonds is 2. The molecule has 0 unspecified atom stereocenters. The number of benzene rings is 1. The highest BCUT2D eigenvalue weighted by Crippen LogP contribution is 2.35. The minimum absolute atomic E-state index is 0.0818. The summed E-state index contributed by atoms with van der Waals surface area (Å²) in [5.41, 5.74) is 6.38. The second-order valence-corrected chi connectivity index (χ2v) is 3.96. The number of phenolic OH excluding ortho intramolecular Hbond substituents is 1. The zero-order valence-corrected chi connectivity index (χ0v) is 10.3. The van der Waals surface area contributed by atoms with E-state index in [4.69, 9.17) is 5.73 Å². The van der Waals surface area contributed by atoms with E-state index in [1.165, 1.54) is 0 Å². The molecule has 0 saturated carbocycles. The predicted octanol–water partition coefficient (Wildman–Crippen LogP) is 2.64. The molecule has 106 valence electrons. The van der Waals surface area contributed by atoms with Crippen LogP contribution in [0.5, 0.6) is 11.5 Å². The SMILES string of the molecule is Cc1c(N)ncnc1-c1cc(OC(F)(F)F)ccc1O. The van der Waals surface area contributed by atoms with Gasteiger partial charge >= 0.3 is 6.36 Å². The van der Waals surface area contributed by atoms with Crippen molar-refractivity contribution in [3.05, 3.63) is 30.1 Å². The summed E-state index contributed by atoms with van der Waals surface area (Å²) in [6.07, 6.45) is -3.65. The van der Waals surface area contributed by atoms with Gasteiger partial charge in [-0.25, -0.2) is 9.97 Å². The summed E-state index contributed by atoms with van der Waals surface area (Å²) >= 11 is 0. The average Bonchev–Trinajstić information content (AvgIpc) is 2.34. The number of alkyl halides is 3. The van der Waals surface area contributed by atoms with E-state index in [2.05, 4.69) is 14.7 Å². The Bertz CT molecular complexity index is 644. The molecule has 0 aliphatic carbocycles.